The van der Waals surface area contributed by atoms with Crippen LogP contribution in [-0.2, 0) is 4.74 Å². The molecule has 2 aliphatic rings. The van der Waals surface area contributed by atoms with Gasteiger partial charge in [0.15, 0.2) is 5.96 Å². The van der Waals surface area contributed by atoms with Crippen LogP contribution in [0.1, 0.15) is 25.7 Å². The smallest absolute Gasteiger partial charge is 0.381 e. The number of nitrogens with one attached hydrogen (secondary N) is 1. The van der Waals surface area contributed by atoms with Crippen LogP contribution in [0.25, 0.3) is 0 Å². The van der Waals surface area contributed by atoms with Crippen molar-refractivity contribution in [3.8, 4) is 0 Å². The first-order valence-electron chi connectivity index (χ1n) is 9.16. The average molecular weight is 364 g/mol. The molecule has 8 heteroatoms. The van der Waals surface area contributed by atoms with Gasteiger partial charge in [0.2, 0.25) is 0 Å². The van der Waals surface area contributed by atoms with Gasteiger partial charge in [0.25, 0.3) is 0 Å². The summed E-state index contributed by atoms with van der Waals surface area (Å²) in [5.74, 6) is 1.92. The zero-order valence-electron chi connectivity index (χ0n) is 15.3. The first-order chi connectivity index (χ1) is 11.9. The zero-order valence-corrected chi connectivity index (χ0v) is 15.3. The fourth-order valence-electron chi connectivity index (χ4n) is 3.66. The van der Waals surface area contributed by atoms with E-state index in [4.69, 9.17) is 4.74 Å². The number of likely N-dealkylation sites (tertiary alicyclic amines) is 1. The molecule has 2 aliphatic heterocycles. The largest absolute Gasteiger partial charge is 0.401 e. The van der Waals surface area contributed by atoms with Gasteiger partial charge < -0.3 is 15.0 Å². The highest BCUT2D eigenvalue weighted by atomic mass is 19.4. The van der Waals surface area contributed by atoms with Crippen LogP contribution in [0.5, 0.6) is 0 Å². The van der Waals surface area contributed by atoms with Gasteiger partial charge in [0, 0.05) is 39.7 Å². The van der Waals surface area contributed by atoms with Crippen molar-refractivity contribution in [1.29, 1.82) is 0 Å². The fourth-order valence-corrected chi connectivity index (χ4v) is 3.66. The van der Waals surface area contributed by atoms with Gasteiger partial charge in [-0.2, -0.15) is 13.2 Å². The Morgan fingerprint density at radius 3 is 2.52 bits per heavy atom. The molecular formula is C17H31F3N4O. The third kappa shape index (κ3) is 7.40. The minimum absolute atomic E-state index is 0.489. The summed E-state index contributed by atoms with van der Waals surface area (Å²) in [5, 5.41) is 3.38. The number of piperidine rings is 1. The van der Waals surface area contributed by atoms with Crippen molar-refractivity contribution in [3.05, 3.63) is 0 Å². The highest BCUT2D eigenvalue weighted by Crippen LogP contribution is 2.24. The normalized spacial score (nSPS) is 23.9. The lowest BCUT2D eigenvalue weighted by Crippen LogP contribution is -2.43. The van der Waals surface area contributed by atoms with Crippen LogP contribution in [-0.4, -0.2) is 82.0 Å². The van der Waals surface area contributed by atoms with E-state index in [1.165, 1.54) is 4.90 Å². The number of nitrogens with zero attached hydrogens (tertiary/aromatic N) is 3. The molecule has 0 aromatic carbocycles. The number of halogens is 3. The Balaban J connectivity index is 1.62. The van der Waals surface area contributed by atoms with E-state index >= 15 is 0 Å². The Morgan fingerprint density at radius 2 is 1.96 bits per heavy atom. The van der Waals surface area contributed by atoms with Crippen LogP contribution in [0.2, 0.25) is 0 Å². The molecule has 0 bridgehead atoms. The minimum atomic E-state index is -4.09. The number of alkyl halides is 3. The molecule has 2 rings (SSSR count). The van der Waals surface area contributed by atoms with Crippen LogP contribution in [0.3, 0.4) is 0 Å². The van der Waals surface area contributed by atoms with Crippen molar-refractivity contribution in [2.75, 3.05) is 60.0 Å². The predicted octanol–water partition coefficient (Wildman–Crippen LogP) is 2.19. The lowest BCUT2D eigenvalue weighted by atomic mass is 9.93. The zero-order chi connectivity index (χ0) is 18.3. The molecule has 2 fully saturated rings. The number of ether oxygens (including phenoxy) is 1. The summed E-state index contributed by atoms with van der Waals surface area (Å²) in [6.07, 6.45) is -0.343. The molecule has 0 aliphatic carbocycles. The molecule has 0 saturated carbocycles. The second-order valence-electron chi connectivity index (χ2n) is 7.21. The van der Waals surface area contributed by atoms with E-state index in [-0.39, 0.29) is 0 Å². The molecule has 0 aromatic rings. The average Bonchev–Trinajstić information content (AvgIpc) is 3.04. The monoisotopic (exact) mass is 364 g/mol. The Morgan fingerprint density at radius 1 is 1.24 bits per heavy atom. The topological polar surface area (TPSA) is 40.1 Å². The number of aliphatic imine (C=N–C) groups is 1. The van der Waals surface area contributed by atoms with E-state index in [0.29, 0.717) is 24.9 Å². The van der Waals surface area contributed by atoms with Gasteiger partial charge in [-0.1, -0.05) is 0 Å². The van der Waals surface area contributed by atoms with Gasteiger partial charge in [-0.25, -0.2) is 0 Å². The fraction of sp³-hybridized carbons (Fsp3) is 0.941. The van der Waals surface area contributed by atoms with Crippen LogP contribution in [0, 0.1) is 11.8 Å². The summed E-state index contributed by atoms with van der Waals surface area (Å²) in [4.78, 5) is 7.97. The minimum Gasteiger partial charge on any atom is -0.381 e. The number of guanidine groups is 1. The maximum atomic E-state index is 12.4. The summed E-state index contributed by atoms with van der Waals surface area (Å²) in [5.41, 5.74) is 0. The Kier molecular flexibility index (Phi) is 7.81. The number of rotatable bonds is 6. The Labute approximate surface area is 148 Å². The van der Waals surface area contributed by atoms with Crippen LogP contribution in [0.15, 0.2) is 4.99 Å². The molecule has 1 N–H and O–H groups in total. The Bertz CT molecular complexity index is 417. The molecular weight excluding hydrogens is 333 g/mol. The summed E-state index contributed by atoms with van der Waals surface area (Å²) < 4.78 is 42.6. The van der Waals surface area contributed by atoms with E-state index in [1.54, 1.807) is 7.05 Å². The summed E-state index contributed by atoms with van der Waals surface area (Å²) in [6, 6.07) is 0. The van der Waals surface area contributed by atoms with Crippen molar-refractivity contribution in [3.63, 3.8) is 0 Å². The predicted molar refractivity (Wildman–Crippen MR) is 92.8 cm³/mol. The summed E-state index contributed by atoms with van der Waals surface area (Å²) in [7, 11) is 3.81. The Hall–Kier alpha value is -1.02. The molecule has 2 heterocycles. The number of hydrogen-bond donors (Lipinski definition) is 1. The van der Waals surface area contributed by atoms with Gasteiger partial charge >= 0.3 is 6.18 Å². The number of hydrogen-bond acceptors (Lipinski definition) is 3. The van der Waals surface area contributed by atoms with Gasteiger partial charge in [-0.3, -0.25) is 9.89 Å². The van der Waals surface area contributed by atoms with Gasteiger partial charge in [-0.15, -0.1) is 0 Å². The van der Waals surface area contributed by atoms with Crippen molar-refractivity contribution >= 4 is 5.96 Å². The van der Waals surface area contributed by atoms with E-state index in [2.05, 4.69) is 15.2 Å². The summed E-state index contributed by atoms with van der Waals surface area (Å²) in [6.45, 7) is 3.70. The van der Waals surface area contributed by atoms with Crippen molar-refractivity contribution < 1.29 is 17.9 Å². The van der Waals surface area contributed by atoms with Gasteiger partial charge in [0.05, 0.1) is 13.2 Å². The van der Waals surface area contributed by atoms with Crippen molar-refractivity contribution in [1.82, 2.24) is 15.1 Å². The van der Waals surface area contributed by atoms with Gasteiger partial charge in [-0.05, 0) is 44.7 Å². The third-order valence-corrected chi connectivity index (χ3v) is 5.08. The lowest BCUT2D eigenvalue weighted by molar-refractivity contribution is -0.148. The maximum Gasteiger partial charge on any atom is 0.401 e. The van der Waals surface area contributed by atoms with Gasteiger partial charge in [0.1, 0.15) is 0 Å². The summed E-state index contributed by atoms with van der Waals surface area (Å²) >= 11 is 0. The van der Waals surface area contributed by atoms with E-state index in [1.807, 2.05) is 7.05 Å². The highest BCUT2D eigenvalue weighted by Gasteiger charge is 2.32. The van der Waals surface area contributed by atoms with Crippen LogP contribution >= 0.6 is 0 Å². The van der Waals surface area contributed by atoms with E-state index in [0.717, 1.165) is 57.9 Å². The molecule has 25 heavy (non-hydrogen) atoms. The molecule has 0 radical (unpaired) electrons. The molecule has 0 amide bonds. The van der Waals surface area contributed by atoms with Crippen LogP contribution < -0.4 is 5.32 Å². The quantitative estimate of drug-likeness (QED) is 0.579. The third-order valence-electron chi connectivity index (χ3n) is 5.08. The molecule has 2 saturated heterocycles. The SMILES string of the molecule is CN=C(NCCC1CCN(CC(F)(F)F)CC1)N(C)CC1CCOC1. The molecule has 0 spiro atoms. The van der Waals surface area contributed by atoms with Crippen molar-refractivity contribution in [2.24, 2.45) is 16.8 Å². The van der Waals surface area contributed by atoms with Crippen LogP contribution in [0.4, 0.5) is 13.2 Å². The standard InChI is InChI=1S/C17H31F3N4O/c1-21-16(23(2)11-15-6-10-25-12-15)22-7-3-14-4-8-24(9-5-14)13-17(18,19)20/h14-15H,3-13H2,1-2H3,(H,21,22). The maximum absolute atomic E-state index is 12.4. The second-order valence-corrected chi connectivity index (χ2v) is 7.21. The first-order valence-corrected chi connectivity index (χ1v) is 9.16. The second kappa shape index (κ2) is 9.62. The lowest BCUT2D eigenvalue weighted by Gasteiger charge is -2.32. The van der Waals surface area contributed by atoms with E-state index in [9.17, 15) is 13.2 Å². The molecule has 146 valence electrons. The van der Waals surface area contributed by atoms with E-state index < -0.39 is 12.7 Å². The first kappa shape index (κ1) is 20.3. The molecule has 1 unspecified atom stereocenters. The highest BCUT2D eigenvalue weighted by molar-refractivity contribution is 5.79. The molecule has 5 nitrogen and oxygen atoms in total. The molecule has 1 atom stereocenters. The van der Waals surface area contributed by atoms with Crippen molar-refractivity contribution in [2.45, 2.75) is 31.9 Å². The molecule has 0 aromatic heterocycles.